The first-order valence-electron chi connectivity index (χ1n) is 8.90. The van der Waals surface area contributed by atoms with Crippen molar-refractivity contribution in [1.82, 2.24) is 0 Å². The lowest BCUT2D eigenvalue weighted by molar-refractivity contribution is -0.984. The van der Waals surface area contributed by atoms with Crippen LogP contribution in [0.1, 0.15) is 64.7 Å². The van der Waals surface area contributed by atoms with Crippen molar-refractivity contribution < 1.29 is 14.4 Å². The highest BCUT2D eigenvalue weighted by atomic mass is 127. The zero-order chi connectivity index (χ0) is 20.1. The van der Waals surface area contributed by atoms with Gasteiger partial charge in [-0.1, -0.05) is 0 Å². The molecule has 1 aromatic rings. The van der Waals surface area contributed by atoms with Gasteiger partial charge in [0.1, 0.15) is 5.60 Å². The Morgan fingerprint density at radius 2 is 1.62 bits per heavy atom. The summed E-state index contributed by atoms with van der Waals surface area (Å²) in [5, 5.41) is 0. The predicted molar refractivity (Wildman–Crippen MR) is 132 cm³/mol. The lowest BCUT2D eigenvalue weighted by atomic mass is 9.68. The summed E-state index contributed by atoms with van der Waals surface area (Å²) in [6, 6.07) is 4.01. The number of nitrogens with one attached hydrogen (secondary N) is 1. The third kappa shape index (κ3) is 4.87. The number of hydrogen-bond acceptors (Lipinski definition) is 2. The number of quaternary nitrogens is 1. The molecule has 2 rings (SSSR count). The second-order valence-electron chi connectivity index (χ2n) is 9.24. The van der Waals surface area contributed by atoms with Gasteiger partial charge in [0.2, 0.25) is 0 Å². The molecule has 1 heterocycles. The predicted octanol–water partition coefficient (Wildman–Crippen LogP) is 4.92. The number of rotatable bonds is 3. The molecular weight excluding hydrogens is 667 g/mol. The van der Waals surface area contributed by atoms with Crippen molar-refractivity contribution in [3.05, 3.63) is 28.4 Å². The molecule has 6 heteroatoms. The standard InChI is InChI=1S/C20H28I3NO2/c1-18(2)10-12(11-19(3,4)24(18)7)20(5,6)26-17(25)14-8-13(21)9-15(22)16(14)23/h8-9,12H,10-11H2,1-7H3/p+1. The molecule has 0 atom stereocenters. The molecule has 1 saturated heterocycles. The fraction of sp³-hybridized carbons (Fsp3) is 0.650. The second-order valence-corrected chi connectivity index (χ2v) is 12.7. The van der Waals surface area contributed by atoms with Crippen molar-refractivity contribution in [2.75, 3.05) is 7.05 Å². The summed E-state index contributed by atoms with van der Waals surface area (Å²) < 4.78 is 9.23. The highest BCUT2D eigenvalue weighted by molar-refractivity contribution is 14.1. The highest BCUT2D eigenvalue weighted by Gasteiger charge is 2.51. The largest absolute Gasteiger partial charge is 0.456 e. The fourth-order valence-electron chi connectivity index (χ4n) is 4.10. The third-order valence-electron chi connectivity index (χ3n) is 6.10. The lowest BCUT2D eigenvalue weighted by Gasteiger charge is -2.53. The number of carbonyl (C=O) groups excluding carboxylic acids is 1. The van der Waals surface area contributed by atoms with Gasteiger partial charge in [-0.2, -0.15) is 0 Å². The first kappa shape index (κ1) is 23.1. The molecule has 0 bridgehead atoms. The third-order valence-corrected chi connectivity index (χ3v) is 9.76. The maximum Gasteiger partial charge on any atom is 0.339 e. The zero-order valence-corrected chi connectivity index (χ0v) is 23.1. The van der Waals surface area contributed by atoms with Gasteiger partial charge < -0.3 is 9.64 Å². The van der Waals surface area contributed by atoms with Gasteiger partial charge in [0.05, 0.1) is 23.7 Å². The van der Waals surface area contributed by atoms with Gasteiger partial charge in [0.25, 0.3) is 0 Å². The van der Waals surface area contributed by atoms with Gasteiger partial charge in [-0.15, -0.1) is 0 Å². The summed E-state index contributed by atoms with van der Waals surface area (Å²) >= 11 is 6.77. The maximum absolute atomic E-state index is 13.0. The highest BCUT2D eigenvalue weighted by Crippen LogP contribution is 2.38. The van der Waals surface area contributed by atoms with E-state index in [-0.39, 0.29) is 17.0 Å². The molecule has 1 aliphatic rings. The Morgan fingerprint density at radius 1 is 1.12 bits per heavy atom. The Bertz CT molecular complexity index is 695. The van der Waals surface area contributed by atoms with Crippen LogP contribution in [0.4, 0.5) is 0 Å². The van der Waals surface area contributed by atoms with Crippen molar-refractivity contribution >= 4 is 73.7 Å². The number of carbonyl (C=O) groups is 1. The molecule has 0 spiro atoms. The van der Waals surface area contributed by atoms with Crippen LogP contribution in [0.3, 0.4) is 0 Å². The van der Waals surface area contributed by atoms with Crippen LogP contribution in [0.15, 0.2) is 12.1 Å². The number of hydrogen-bond donors (Lipinski definition) is 1. The second kappa shape index (κ2) is 7.93. The average Bonchev–Trinajstić information content (AvgIpc) is 2.47. The quantitative estimate of drug-likeness (QED) is 0.277. The Kier molecular flexibility index (Phi) is 7.05. The van der Waals surface area contributed by atoms with Gasteiger partial charge in [0, 0.05) is 29.5 Å². The van der Waals surface area contributed by atoms with E-state index in [1.54, 1.807) is 4.90 Å². The average molecular weight is 696 g/mol. The molecule has 1 aliphatic heterocycles. The van der Waals surface area contributed by atoms with E-state index in [1.165, 1.54) is 0 Å². The minimum atomic E-state index is -0.498. The number of ether oxygens (including phenoxy) is 1. The van der Waals surface area contributed by atoms with E-state index >= 15 is 0 Å². The summed E-state index contributed by atoms with van der Waals surface area (Å²) in [5.41, 5.74) is 0.485. The molecule has 0 aromatic heterocycles. The van der Waals surface area contributed by atoms with E-state index in [2.05, 4.69) is 122 Å². The minimum absolute atomic E-state index is 0.155. The van der Waals surface area contributed by atoms with Crippen molar-refractivity contribution in [3.63, 3.8) is 0 Å². The topological polar surface area (TPSA) is 30.7 Å². The van der Waals surface area contributed by atoms with Crippen LogP contribution in [-0.2, 0) is 4.74 Å². The molecule has 0 saturated carbocycles. The summed E-state index contributed by atoms with van der Waals surface area (Å²) in [6.45, 7) is 13.4. The van der Waals surface area contributed by atoms with E-state index < -0.39 is 5.60 Å². The molecular formula is C20H29I3NO2+. The van der Waals surface area contributed by atoms with E-state index in [4.69, 9.17) is 4.74 Å². The number of likely N-dealkylation sites (tertiary alicyclic amines) is 1. The Hall–Kier alpha value is 0.840. The number of esters is 1. The first-order valence-corrected chi connectivity index (χ1v) is 12.1. The molecule has 0 aliphatic carbocycles. The monoisotopic (exact) mass is 696 g/mol. The molecule has 1 fully saturated rings. The van der Waals surface area contributed by atoms with Crippen LogP contribution in [0.25, 0.3) is 0 Å². The fourth-order valence-corrected chi connectivity index (χ4v) is 6.48. The zero-order valence-electron chi connectivity index (χ0n) is 16.6. The number of benzene rings is 1. The lowest BCUT2D eigenvalue weighted by Crippen LogP contribution is -3.24. The normalized spacial score (nSPS) is 25.0. The number of halogens is 3. The van der Waals surface area contributed by atoms with Crippen molar-refractivity contribution in [3.8, 4) is 0 Å². The van der Waals surface area contributed by atoms with Crippen LogP contribution < -0.4 is 4.90 Å². The summed E-state index contributed by atoms with van der Waals surface area (Å²) in [7, 11) is 2.28. The van der Waals surface area contributed by atoms with Gasteiger partial charge in [0.15, 0.2) is 0 Å². The Balaban J connectivity index is 2.27. The molecule has 0 amide bonds. The Labute approximate surface area is 198 Å². The molecule has 146 valence electrons. The summed E-state index contributed by atoms with van der Waals surface area (Å²) in [6.07, 6.45) is 2.09. The first-order chi connectivity index (χ1) is 11.7. The SMILES string of the molecule is C[NH+]1C(C)(C)CC(C(C)(C)OC(=O)c2cc(I)cc(I)c2I)CC1(C)C. The van der Waals surface area contributed by atoms with E-state index in [1.807, 2.05) is 6.07 Å². The van der Waals surface area contributed by atoms with Crippen molar-refractivity contribution in [2.45, 2.75) is 71.1 Å². The van der Waals surface area contributed by atoms with Crippen molar-refractivity contribution in [2.24, 2.45) is 5.92 Å². The molecule has 0 unspecified atom stereocenters. The van der Waals surface area contributed by atoms with E-state index in [0.717, 1.165) is 23.6 Å². The van der Waals surface area contributed by atoms with Crippen LogP contribution in [-0.4, -0.2) is 29.7 Å². The van der Waals surface area contributed by atoms with E-state index in [9.17, 15) is 4.79 Å². The van der Waals surface area contributed by atoms with Crippen LogP contribution in [0.5, 0.6) is 0 Å². The molecule has 3 nitrogen and oxygen atoms in total. The number of piperidine rings is 1. The van der Waals surface area contributed by atoms with Gasteiger partial charge >= 0.3 is 5.97 Å². The smallest absolute Gasteiger partial charge is 0.339 e. The molecule has 1 aromatic carbocycles. The van der Waals surface area contributed by atoms with Crippen LogP contribution in [0.2, 0.25) is 0 Å². The van der Waals surface area contributed by atoms with Crippen LogP contribution >= 0.6 is 67.8 Å². The van der Waals surface area contributed by atoms with E-state index in [0.29, 0.717) is 11.5 Å². The molecule has 1 N–H and O–H groups in total. The Morgan fingerprint density at radius 3 is 2.12 bits per heavy atom. The summed E-state index contributed by atoms with van der Waals surface area (Å²) in [4.78, 5) is 14.5. The minimum Gasteiger partial charge on any atom is -0.456 e. The van der Waals surface area contributed by atoms with Gasteiger partial charge in [-0.25, -0.2) is 4.79 Å². The van der Waals surface area contributed by atoms with Crippen LogP contribution in [0, 0.1) is 16.6 Å². The molecule has 26 heavy (non-hydrogen) atoms. The van der Waals surface area contributed by atoms with Gasteiger partial charge in [-0.3, -0.25) is 0 Å². The molecule has 0 radical (unpaired) electrons. The maximum atomic E-state index is 13.0. The summed E-state index contributed by atoms with van der Waals surface area (Å²) in [5.74, 6) is 0.123. The van der Waals surface area contributed by atoms with Crippen molar-refractivity contribution in [1.29, 1.82) is 0 Å². The van der Waals surface area contributed by atoms with Gasteiger partial charge in [-0.05, 0) is 121 Å².